The molecule has 19 nitrogen and oxygen atoms in total. The molecule has 0 bridgehead atoms. The molecule has 1 N–H and O–H groups in total. The van der Waals surface area contributed by atoms with Crippen molar-refractivity contribution in [2.45, 2.75) is 11.6 Å². The van der Waals surface area contributed by atoms with E-state index in [0.29, 0.717) is 0 Å². The maximum Gasteiger partial charge on any atom is 0.712 e. The summed E-state index contributed by atoms with van der Waals surface area (Å²) in [5.41, 5.74) is 0. The Balaban J connectivity index is 5.59. The highest BCUT2D eigenvalue weighted by atomic mass is 16.7. The lowest BCUT2D eigenvalue weighted by atomic mass is 10.3. The molecule has 0 heterocycles. The summed E-state index contributed by atoms with van der Waals surface area (Å²) >= 11 is 0. The van der Waals surface area contributed by atoms with Crippen molar-refractivity contribution in [1.29, 1.82) is 0 Å². The molecule has 0 rings (SSSR count). The molecule has 0 saturated carbocycles. The summed E-state index contributed by atoms with van der Waals surface area (Å²) in [6.45, 7) is -3.76. The Kier molecular flexibility index (Phi) is 5.40. The number of nitrogens with one attached hydrogen (secondary N) is 1. The maximum absolute atomic E-state index is 10.5. The van der Waals surface area contributed by atoms with Crippen molar-refractivity contribution in [2.75, 3.05) is 13.1 Å². The molecule has 128 valence electrons. The molecule has 0 aromatic rings. The zero-order chi connectivity index (χ0) is 18.6. The topological polar surface area (TPSA) is 271 Å². The Labute approximate surface area is 121 Å². The van der Waals surface area contributed by atoms with Gasteiger partial charge in [-0.1, -0.05) is 0 Å². The van der Waals surface area contributed by atoms with Gasteiger partial charge in [0, 0.05) is 0 Å². The van der Waals surface area contributed by atoms with Gasteiger partial charge in [0.25, 0.3) is 0 Å². The van der Waals surface area contributed by atoms with Gasteiger partial charge in [-0.05, 0) is 0 Å². The predicted molar refractivity (Wildman–Crippen MR) is 60.3 cm³/mol. The van der Waals surface area contributed by atoms with Gasteiger partial charge in [-0.25, -0.2) is 0 Å². The fourth-order valence-corrected chi connectivity index (χ4v) is 1.19. The van der Waals surface area contributed by atoms with Gasteiger partial charge in [0.1, 0.15) is 0 Å². The van der Waals surface area contributed by atoms with Crippen LogP contribution in [0.5, 0.6) is 0 Å². The molecule has 0 fully saturated rings. The fraction of sp³-hybridized carbons (Fsp3) is 1.00. The Bertz CT molecular complexity index is 462. The van der Waals surface area contributed by atoms with Crippen molar-refractivity contribution >= 4 is 0 Å². The Morgan fingerprint density at radius 1 is 0.522 bits per heavy atom. The monoisotopic (exact) mass is 343 g/mol. The zero-order valence-electron chi connectivity index (χ0n) is 10.5. The number of nitrogens with zero attached hydrogens (tertiary/aromatic N) is 6. The van der Waals surface area contributed by atoms with Crippen molar-refractivity contribution in [1.82, 2.24) is 5.32 Å². The van der Waals surface area contributed by atoms with Crippen LogP contribution in [-0.2, 0) is 0 Å². The van der Waals surface area contributed by atoms with E-state index < -0.39 is 54.2 Å². The first-order chi connectivity index (χ1) is 10.4. The molecule has 0 spiro atoms. The molecule has 0 aromatic heterocycles. The van der Waals surface area contributed by atoms with E-state index in [0.717, 1.165) is 0 Å². The van der Waals surface area contributed by atoms with Gasteiger partial charge in [-0.15, -0.1) is 0 Å². The minimum absolute atomic E-state index is 1.31. The minimum Gasteiger partial charge on any atom is -0.276 e. The summed E-state index contributed by atoms with van der Waals surface area (Å²) in [4.78, 5) is 51.5. The van der Waals surface area contributed by atoms with E-state index >= 15 is 0 Å². The minimum atomic E-state index is -4.13. The third-order valence-electron chi connectivity index (χ3n) is 2.48. The number of hydrogen-bond acceptors (Lipinski definition) is 13. The van der Waals surface area contributed by atoms with Gasteiger partial charge < -0.3 is 0 Å². The number of nitro groups is 6. The highest BCUT2D eigenvalue weighted by Gasteiger charge is 2.73. The molecule has 0 aliphatic rings. The molecule has 0 aliphatic carbocycles. The molecule has 0 unspecified atom stereocenters. The van der Waals surface area contributed by atoms with Crippen LogP contribution in [0.3, 0.4) is 0 Å². The second-order valence-electron chi connectivity index (χ2n) is 3.69. The van der Waals surface area contributed by atoms with Crippen LogP contribution in [-0.4, -0.2) is 54.2 Å². The Morgan fingerprint density at radius 2 is 0.696 bits per heavy atom. The zero-order valence-corrected chi connectivity index (χ0v) is 10.5. The molecule has 23 heavy (non-hydrogen) atoms. The first-order valence-electron chi connectivity index (χ1n) is 4.95. The summed E-state index contributed by atoms with van der Waals surface area (Å²) in [6.07, 6.45) is 0. The molecule has 19 heteroatoms. The Morgan fingerprint density at radius 3 is 0.826 bits per heavy atom. The van der Waals surface area contributed by atoms with E-state index in [-0.39, 0.29) is 0 Å². The van der Waals surface area contributed by atoms with Gasteiger partial charge in [-0.2, -0.15) is 0 Å². The first kappa shape index (κ1) is 19.4. The predicted octanol–water partition coefficient (Wildman–Crippen LogP) is -2.46. The summed E-state index contributed by atoms with van der Waals surface area (Å²) in [7, 11) is 0. The van der Waals surface area contributed by atoms with E-state index in [9.17, 15) is 60.7 Å². The summed E-state index contributed by atoms with van der Waals surface area (Å²) in [5.74, 6) is -8.26. The van der Waals surface area contributed by atoms with Crippen LogP contribution < -0.4 is 5.32 Å². The van der Waals surface area contributed by atoms with Crippen molar-refractivity contribution in [3.05, 3.63) is 60.7 Å². The van der Waals surface area contributed by atoms with Crippen LogP contribution in [0.2, 0.25) is 0 Å². The van der Waals surface area contributed by atoms with Gasteiger partial charge in [0.15, 0.2) is 29.5 Å². The van der Waals surface area contributed by atoms with Crippen LogP contribution in [0, 0.1) is 60.7 Å². The fourth-order valence-electron chi connectivity index (χ4n) is 1.19. The number of hydrogen-bond donors (Lipinski definition) is 1. The molecule has 0 amide bonds. The van der Waals surface area contributed by atoms with Gasteiger partial charge in [0.05, 0.1) is 0 Å². The standard InChI is InChI=1S/C4H5N7O12/c12-6(13)3(7(14)15,8(16)17)1-5-2-4(9(18)19,10(20)21)11(22)23/h5H,1-2H2. The largest absolute Gasteiger partial charge is 0.712 e. The van der Waals surface area contributed by atoms with Crippen molar-refractivity contribution < 1.29 is 29.5 Å². The summed E-state index contributed by atoms with van der Waals surface area (Å²) < 4.78 is 0. The van der Waals surface area contributed by atoms with E-state index in [1.54, 1.807) is 0 Å². The molecule has 0 aliphatic heterocycles. The molecule has 0 atom stereocenters. The van der Waals surface area contributed by atoms with E-state index in [2.05, 4.69) is 0 Å². The second kappa shape index (κ2) is 6.42. The lowest BCUT2D eigenvalue weighted by Crippen LogP contribution is -2.64. The van der Waals surface area contributed by atoms with Crippen molar-refractivity contribution in [3.8, 4) is 0 Å². The average molecular weight is 343 g/mol. The molecule has 0 saturated heterocycles. The summed E-state index contributed by atoms with van der Waals surface area (Å²) in [6, 6.07) is 0. The lowest BCUT2D eigenvalue weighted by Gasteiger charge is -2.11. The smallest absolute Gasteiger partial charge is 0.276 e. The third-order valence-corrected chi connectivity index (χ3v) is 2.48. The van der Waals surface area contributed by atoms with Crippen LogP contribution in [0.25, 0.3) is 0 Å². The highest BCUT2D eigenvalue weighted by molar-refractivity contribution is 4.64. The van der Waals surface area contributed by atoms with Crippen LogP contribution in [0.4, 0.5) is 0 Å². The Hall–Kier alpha value is -3.64. The van der Waals surface area contributed by atoms with E-state index in [4.69, 9.17) is 0 Å². The van der Waals surface area contributed by atoms with Gasteiger partial charge in [-0.3, -0.25) is 66.0 Å². The molecule has 0 radical (unpaired) electrons. The van der Waals surface area contributed by atoms with Crippen molar-refractivity contribution in [3.63, 3.8) is 0 Å². The molecule has 0 aromatic carbocycles. The lowest BCUT2D eigenvalue weighted by molar-refractivity contribution is -0.971. The number of rotatable bonds is 10. The summed E-state index contributed by atoms with van der Waals surface area (Å²) in [5, 5.41) is 64.6. The van der Waals surface area contributed by atoms with E-state index in [1.807, 2.05) is 0 Å². The van der Waals surface area contributed by atoms with Crippen LogP contribution in [0.1, 0.15) is 0 Å². The maximum atomic E-state index is 10.5. The first-order valence-corrected chi connectivity index (χ1v) is 4.95. The average Bonchev–Trinajstić information content (AvgIpc) is 2.35. The second-order valence-corrected chi connectivity index (χ2v) is 3.69. The molecular formula is C4H5N7O12. The SMILES string of the molecule is O=[N+]([O-])C(CNCC([N+](=O)[O-])([N+](=O)[O-])[N+](=O)[O-])([N+](=O)[O-])[N+](=O)[O-]. The quantitative estimate of drug-likeness (QED) is 0.245. The normalized spacial score (nSPS) is 11.5. The van der Waals surface area contributed by atoms with Gasteiger partial charge in [0.2, 0.25) is 13.1 Å². The van der Waals surface area contributed by atoms with Crippen LogP contribution in [0.15, 0.2) is 0 Å². The van der Waals surface area contributed by atoms with E-state index in [1.165, 1.54) is 5.32 Å². The molecular weight excluding hydrogens is 338 g/mol. The highest BCUT2D eigenvalue weighted by Crippen LogP contribution is 2.14. The van der Waals surface area contributed by atoms with Crippen molar-refractivity contribution in [2.24, 2.45) is 0 Å². The van der Waals surface area contributed by atoms with Gasteiger partial charge >= 0.3 is 11.6 Å². The third kappa shape index (κ3) is 3.02. The van der Waals surface area contributed by atoms with Crippen LogP contribution >= 0.6 is 0 Å².